The van der Waals surface area contributed by atoms with Crippen LogP contribution in [0.2, 0.25) is 0 Å². The Labute approximate surface area is 149 Å². The first-order chi connectivity index (χ1) is 11.9. The lowest BCUT2D eigenvalue weighted by Crippen LogP contribution is -2.53. The van der Waals surface area contributed by atoms with Gasteiger partial charge in [0.05, 0.1) is 30.7 Å². The Balaban J connectivity index is 1.67. The van der Waals surface area contributed by atoms with E-state index in [4.69, 9.17) is 9.15 Å². The Hall–Kier alpha value is -1.55. The predicted octanol–water partition coefficient (Wildman–Crippen LogP) is 3.74. The minimum absolute atomic E-state index is 0.0184. The van der Waals surface area contributed by atoms with E-state index in [1.165, 1.54) is 12.7 Å². The summed E-state index contributed by atoms with van der Waals surface area (Å²) in [4.78, 5) is 12.5. The molecule has 2 saturated carbocycles. The lowest BCUT2D eigenvalue weighted by atomic mass is 9.52. The van der Waals surface area contributed by atoms with E-state index in [0.29, 0.717) is 12.3 Å². The average molecular weight is 344 g/mol. The summed E-state index contributed by atoms with van der Waals surface area (Å²) in [6.45, 7) is 4.61. The highest BCUT2D eigenvalue weighted by atomic mass is 16.5. The van der Waals surface area contributed by atoms with Crippen molar-refractivity contribution in [3.8, 4) is 0 Å². The van der Waals surface area contributed by atoms with Gasteiger partial charge in [0.1, 0.15) is 0 Å². The summed E-state index contributed by atoms with van der Waals surface area (Å²) in [5.41, 5.74) is -0.214. The zero-order valence-corrected chi connectivity index (χ0v) is 15.3. The van der Waals surface area contributed by atoms with E-state index in [9.17, 15) is 9.90 Å². The molecule has 4 heteroatoms. The Morgan fingerprint density at radius 2 is 2.28 bits per heavy atom. The first-order valence-electron chi connectivity index (χ1n) is 9.37. The van der Waals surface area contributed by atoms with Crippen molar-refractivity contribution >= 4 is 5.97 Å². The molecule has 0 unspecified atom stereocenters. The third kappa shape index (κ3) is 2.19. The average Bonchev–Trinajstić information content (AvgIpc) is 3.16. The molecule has 6 atom stereocenters. The van der Waals surface area contributed by atoms with Gasteiger partial charge >= 0.3 is 5.97 Å². The molecule has 1 N–H and O–H groups in total. The van der Waals surface area contributed by atoms with Gasteiger partial charge in [-0.1, -0.05) is 26.0 Å². The standard InChI is InChI=1S/C21H28O4/c1-14-4-10-21(23)13-20(18(22)24-3)9-6-16(20)17(21)19(14,2)8-5-15-7-11-25-12-15/h6-7,9,11-12,14,16-17,23H,4-5,8,10,13H2,1-3H3/t14-,16-,17-,19+,20-,21-/m1/s1. The highest BCUT2D eigenvalue weighted by molar-refractivity contribution is 5.83. The molecule has 1 aromatic rings. The summed E-state index contributed by atoms with van der Waals surface area (Å²) in [5, 5.41) is 11.5. The van der Waals surface area contributed by atoms with Crippen LogP contribution >= 0.6 is 0 Å². The van der Waals surface area contributed by atoms with Gasteiger partial charge < -0.3 is 14.3 Å². The van der Waals surface area contributed by atoms with Crippen LogP contribution in [-0.2, 0) is 16.0 Å². The van der Waals surface area contributed by atoms with Gasteiger partial charge in [-0.25, -0.2) is 0 Å². The van der Waals surface area contributed by atoms with Gasteiger partial charge in [-0.3, -0.25) is 4.79 Å². The molecular formula is C21H28O4. The van der Waals surface area contributed by atoms with Gasteiger partial charge in [-0.15, -0.1) is 0 Å². The number of methoxy groups -OCH3 is 1. The molecule has 0 radical (unpaired) electrons. The Morgan fingerprint density at radius 3 is 2.88 bits per heavy atom. The number of aliphatic hydroxyl groups is 1. The van der Waals surface area contributed by atoms with E-state index < -0.39 is 11.0 Å². The van der Waals surface area contributed by atoms with Crippen LogP contribution in [0, 0.1) is 28.6 Å². The monoisotopic (exact) mass is 344 g/mol. The summed E-state index contributed by atoms with van der Waals surface area (Å²) in [7, 11) is 1.45. The van der Waals surface area contributed by atoms with Crippen LogP contribution in [0.1, 0.15) is 45.1 Å². The van der Waals surface area contributed by atoms with Crippen LogP contribution in [0.3, 0.4) is 0 Å². The molecule has 0 aliphatic heterocycles. The highest BCUT2D eigenvalue weighted by Gasteiger charge is 2.71. The number of hydrogen-bond acceptors (Lipinski definition) is 4. The zero-order chi connectivity index (χ0) is 17.9. The summed E-state index contributed by atoms with van der Waals surface area (Å²) in [6.07, 6.45) is 11.8. The minimum atomic E-state index is -0.778. The van der Waals surface area contributed by atoms with Gasteiger partial charge in [0.15, 0.2) is 0 Å². The summed E-state index contributed by atoms with van der Waals surface area (Å²) >= 11 is 0. The SMILES string of the molecule is COC(=O)[C@@]12C=C[C@@H]1[C@H]1[C@@](O)(CC[C@@H](C)[C@]1(C)CCc1ccoc1)C2. The van der Waals surface area contributed by atoms with Crippen molar-refractivity contribution in [1.29, 1.82) is 0 Å². The molecular weight excluding hydrogens is 316 g/mol. The minimum Gasteiger partial charge on any atom is -0.472 e. The fraction of sp³-hybridized carbons (Fsp3) is 0.667. The molecule has 1 heterocycles. The lowest BCUT2D eigenvalue weighted by molar-refractivity contribution is -0.153. The van der Waals surface area contributed by atoms with E-state index in [0.717, 1.165) is 25.7 Å². The summed E-state index contributed by atoms with van der Waals surface area (Å²) in [6, 6.07) is 2.01. The van der Waals surface area contributed by atoms with E-state index in [1.807, 2.05) is 12.1 Å². The number of esters is 1. The zero-order valence-electron chi connectivity index (χ0n) is 15.3. The number of fused-ring (bicyclic) bond motifs is 3. The van der Waals surface area contributed by atoms with Crippen molar-refractivity contribution in [3.05, 3.63) is 36.3 Å². The second-order valence-corrected chi connectivity index (χ2v) is 8.75. The molecule has 3 aliphatic rings. The van der Waals surface area contributed by atoms with Crippen molar-refractivity contribution in [2.24, 2.45) is 28.6 Å². The van der Waals surface area contributed by atoms with Crippen LogP contribution in [0.5, 0.6) is 0 Å². The second-order valence-electron chi connectivity index (χ2n) is 8.75. The Morgan fingerprint density at radius 1 is 1.48 bits per heavy atom. The van der Waals surface area contributed by atoms with Gasteiger partial charge in [-0.2, -0.15) is 0 Å². The van der Waals surface area contributed by atoms with Gasteiger partial charge in [0, 0.05) is 11.8 Å². The molecule has 136 valence electrons. The predicted molar refractivity (Wildman–Crippen MR) is 93.7 cm³/mol. The number of carbonyl (C=O) groups excluding carboxylic acids is 1. The van der Waals surface area contributed by atoms with Crippen LogP contribution in [-0.4, -0.2) is 23.8 Å². The number of carbonyl (C=O) groups is 1. The number of rotatable bonds is 4. The topological polar surface area (TPSA) is 59.7 Å². The molecule has 2 fully saturated rings. The second kappa shape index (κ2) is 5.47. The molecule has 0 spiro atoms. The number of furan rings is 1. The van der Waals surface area contributed by atoms with Crippen LogP contribution < -0.4 is 0 Å². The molecule has 0 saturated heterocycles. The summed E-state index contributed by atoms with van der Waals surface area (Å²) < 4.78 is 10.3. The van der Waals surface area contributed by atoms with Crippen molar-refractivity contribution in [2.75, 3.05) is 7.11 Å². The fourth-order valence-corrected chi connectivity index (χ4v) is 6.06. The maximum absolute atomic E-state index is 12.5. The highest BCUT2D eigenvalue weighted by Crippen LogP contribution is 2.69. The van der Waals surface area contributed by atoms with Gasteiger partial charge in [-0.05, 0) is 55.1 Å². The normalized spacial score (nSPS) is 44.7. The van der Waals surface area contributed by atoms with Crippen molar-refractivity contribution in [3.63, 3.8) is 0 Å². The number of aryl methyl sites for hydroxylation is 1. The van der Waals surface area contributed by atoms with Gasteiger partial charge in [0.2, 0.25) is 0 Å². The molecule has 4 rings (SSSR count). The molecule has 25 heavy (non-hydrogen) atoms. The van der Waals surface area contributed by atoms with Crippen molar-refractivity contribution < 1.29 is 19.1 Å². The number of ether oxygens (including phenoxy) is 1. The maximum atomic E-state index is 12.5. The van der Waals surface area contributed by atoms with Crippen molar-refractivity contribution in [2.45, 2.75) is 51.6 Å². The third-order valence-corrected chi connectivity index (χ3v) is 7.68. The largest absolute Gasteiger partial charge is 0.472 e. The first kappa shape index (κ1) is 16.9. The summed E-state index contributed by atoms with van der Waals surface area (Å²) in [5.74, 6) is 0.501. The van der Waals surface area contributed by atoms with Crippen molar-refractivity contribution in [1.82, 2.24) is 0 Å². The van der Waals surface area contributed by atoms with Gasteiger partial charge in [0.25, 0.3) is 0 Å². The molecule has 1 aromatic heterocycles. The molecule has 0 amide bonds. The maximum Gasteiger partial charge on any atom is 0.316 e. The van der Waals surface area contributed by atoms with Crippen LogP contribution in [0.15, 0.2) is 35.2 Å². The Bertz CT molecular complexity index is 693. The van der Waals surface area contributed by atoms with Crippen LogP contribution in [0.4, 0.5) is 0 Å². The molecule has 0 bridgehead atoms. The lowest BCUT2D eigenvalue weighted by Gasteiger charge is -2.54. The smallest absolute Gasteiger partial charge is 0.316 e. The molecule has 4 nitrogen and oxygen atoms in total. The van der Waals surface area contributed by atoms with E-state index >= 15 is 0 Å². The molecule has 3 aliphatic carbocycles. The Kier molecular flexibility index (Phi) is 3.70. The van der Waals surface area contributed by atoms with Crippen LogP contribution in [0.25, 0.3) is 0 Å². The number of hydrogen-bond donors (Lipinski definition) is 1. The first-order valence-corrected chi connectivity index (χ1v) is 9.37. The molecule has 0 aromatic carbocycles. The quantitative estimate of drug-likeness (QED) is 0.668. The van der Waals surface area contributed by atoms with E-state index in [2.05, 4.69) is 19.9 Å². The third-order valence-electron chi connectivity index (χ3n) is 7.68. The van der Waals surface area contributed by atoms with E-state index in [-0.39, 0.29) is 23.2 Å². The van der Waals surface area contributed by atoms with E-state index in [1.54, 1.807) is 12.5 Å². The fourth-order valence-electron chi connectivity index (χ4n) is 6.06. The number of allylic oxidation sites excluding steroid dienone is 1.